The fourth-order valence-corrected chi connectivity index (χ4v) is 1.96. The van der Waals surface area contributed by atoms with Gasteiger partial charge in [0.15, 0.2) is 0 Å². The largest absolute Gasteiger partial charge is 0.354 e. The molecule has 0 bridgehead atoms. The van der Waals surface area contributed by atoms with Crippen LogP contribution in [0.25, 0.3) is 0 Å². The van der Waals surface area contributed by atoms with Crippen LogP contribution in [0, 0.1) is 5.92 Å². The summed E-state index contributed by atoms with van der Waals surface area (Å²) in [6.45, 7) is 6.61. The third kappa shape index (κ3) is 5.03. The second-order valence-corrected chi connectivity index (χ2v) is 5.11. The second kappa shape index (κ2) is 8.35. The summed E-state index contributed by atoms with van der Waals surface area (Å²) in [7, 11) is 0. The topological polar surface area (TPSA) is 58.2 Å². The first-order valence-corrected chi connectivity index (χ1v) is 7.16. The monoisotopic (exact) mass is 276 g/mol. The molecule has 2 amide bonds. The maximum atomic E-state index is 12.1. The summed E-state index contributed by atoms with van der Waals surface area (Å²) in [5.41, 5.74) is 1.03. The molecular weight excluding hydrogens is 252 g/mol. The van der Waals surface area contributed by atoms with Gasteiger partial charge in [0.05, 0.1) is 5.92 Å². The first-order valence-electron chi connectivity index (χ1n) is 7.16. The Morgan fingerprint density at radius 3 is 2.05 bits per heavy atom. The van der Waals surface area contributed by atoms with E-state index < -0.39 is 0 Å². The van der Waals surface area contributed by atoms with Crippen molar-refractivity contribution in [2.24, 2.45) is 5.92 Å². The highest BCUT2D eigenvalue weighted by atomic mass is 16.2. The van der Waals surface area contributed by atoms with Gasteiger partial charge in [-0.3, -0.25) is 9.59 Å². The molecule has 1 aromatic rings. The summed E-state index contributed by atoms with van der Waals surface area (Å²) in [6.07, 6.45) is 0.758. The molecule has 1 unspecified atom stereocenters. The van der Waals surface area contributed by atoms with Crippen molar-refractivity contribution in [3.05, 3.63) is 35.9 Å². The minimum Gasteiger partial charge on any atom is -0.354 e. The fraction of sp³-hybridized carbons (Fsp3) is 0.500. The number of carbonyl (C=O) groups is 2. The van der Waals surface area contributed by atoms with E-state index >= 15 is 0 Å². The van der Waals surface area contributed by atoms with E-state index in [4.69, 9.17) is 0 Å². The molecule has 0 radical (unpaired) electrons. The molecular formula is C16H24N2O2. The molecule has 4 nitrogen and oxygen atoms in total. The molecule has 20 heavy (non-hydrogen) atoms. The molecule has 0 heterocycles. The Hall–Kier alpha value is -1.84. The minimum absolute atomic E-state index is 0.00866. The molecule has 0 aliphatic rings. The Bertz CT molecular complexity index is 429. The van der Waals surface area contributed by atoms with Crippen molar-refractivity contribution in [3.8, 4) is 0 Å². The van der Waals surface area contributed by atoms with Crippen molar-refractivity contribution in [1.82, 2.24) is 10.6 Å². The van der Waals surface area contributed by atoms with Crippen LogP contribution < -0.4 is 10.6 Å². The molecule has 0 fully saturated rings. The molecule has 1 aromatic carbocycles. The predicted molar refractivity (Wildman–Crippen MR) is 80.3 cm³/mol. The zero-order chi connectivity index (χ0) is 15.0. The SMILES string of the molecule is CCC(C(=O)NCCNC(=O)C(C)C)c1ccccc1. The van der Waals surface area contributed by atoms with E-state index in [0.29, 0.717) is 13.1 Å². The van der Waals surface area contributed by atoms with E-state index in [9.17, 15) is 9.59 Å². The standard InChI is InChI=1S/C16H24N2O2/c1-4-14(13-8-6-5-7-9-13)16(20)18-11-10-17-15(19)12(2)3/h5-9,12,14H,4,10-11H2,1-3H3,(H,17,19)(H,18,20). The van der Waals surface area contributed by atoms with Crippen LogP contribution in [-0.2, 0) is 9.59 Å². The van der Waals surface area contributed by atoms with E-state index in [2.05, 4.69) is 10.6 Å². The summed E-state index contributed by atoms with van der Waals surface area (Å²) in [4.78, 5) is 23.5. The summed E-state index contributed by atoms with van der Waals surface area (Å²) in [5.74, 6) is -0.137. The van der Waals surface area contributed by atoms with Gasteiger partial charge < -0.3 is 10.6 Å². The third-order valence-corrected chi connectivity index (χ3v) is 3.17. The number of nitrogens with one attached hydrogen (secondary N) is 2. The number of hydrogen-bond acceptors (Lipinski definition) is 2. The first-order chi connectivity index (χ1) is 9.56. The molecule has 1 atom stereocenters. The number of amides is 2. The average Bonchev–Trinajstić information content (AvgIpc) is 2.45. The van der Waals surface area contributed by atoms with Crippen LogP contribution in [0.5, 0.6) is 0 Å². The van der Waals surface area contributed by atoms with E-state index in [1.54, 1.807) is 0 Å². The van der Waals surface area contributed by atoms with Crippen molar-refractivity contribution in [3.63, 3.8) is 0 Å². The van der Waals surface area contributed by atoms with Crippen molar-refractivity contribution in [2.45, 2.75) is 33.1 Å². The average molecular weight is 276 g/mol. The van der Waals surface area contributed by atoms with Gasteiger partial charge in [-0.25, -0.2) is 0 Å². The Balaban J connectivity index is 2.40. The fourth-order valence-electron chi connectivity index (χ4n) is 1.96. The van der Waals surface area contributed by atoms with Crippen LogP contribution in [-0.4, -0.2) is 24.9 Å². The van der Waals surface area contributed by atoms with Gasteiger partial charge in [-0.1, -0.05) is 51.1 Å². The van der Waals surface area contributed by atoms with Gasteiger partial charge in [0.25, 0.3) is 0 Å². The lowest BCUT2D eigenvalue weighted by molar-refractivity contribution is -0.125. The molecule has 4 heteroatoms. The van der Waals surface area contributed by atoms with Gasteiger partial charge in [0.2, 0.25) is 11.8 Å². The van der Waals surface area contributed by atoms with E-state index in [1.165, 1.54) is 0 Å². The maximum Gasteiger partial charge on any atom is 0.227 e. The predicted octanol–water partition coefficient (Wildman–Crippen LogP) is 2.07. The molecule has 0 spiro atoms. The van der Waals surface area contributed by atoms with Gasteiger partial charge >= 0.3 is 0 Å². The lowest BCUT2D eigenvalue weighted by atomic mass is 9.96. The summed E-state index contributed by atoms with van der Waals surface area (Å²) in [5, 5.41) is 5.65. The van der Waals surface area contributed by atoms with E-state index in [-0.39, 0.29) is 23.7 Å². The van der Waals surface area contributed by atoms with Crippen LogP contribution in [0.15, 0.2) is 30.3 Å². The Kier molecular flexibility index (Phi) is 6.77. The van der Waals surface area contributed by atoms with Crippen LogP contribution >= 0.6 is 0 Å². The molecule has 2 N–H and O–H groups in total. The van der Waals surface area contributed by atoms with Crippen molar-refractivity contribution in [1.29, 1.82) is 0 Å². The van der Waals surface area contributed by atoms with Gasteiger partial charge in [0.1, 0.15) is 0 Å². The van der Waals surface area contributed by atoms with Crippen LogP contribution in [0.1, 0.15) is 38.7 Å². The van der Waals surface area contributed by atoms with E-state index in [0.717, 1.165) is 12.0 Å². The molecule has 0 saturated carbocycles. The smallest absolute Gasteiger partial charge is 0.227 e. The first kappa shape index (κ1) is 16.2. The summed E-state index contributed by atoms with van der Waals surface area (Å²) >= 11 is 0. The minimum atomic E-state index is -0.128. The Morgan fingerprint density at radius 2 is 1.55 bits per heavy atom. The highest BCUT2D eigenvalue weighted by Gasteiger charge is 2.17. The second-order valence-electron chi connectivity index (χ2n) is 5.11. The molecule has 1 rings (SSSR count). The van der Waals surface area contributed by atoms with Crippen molar-refractivity contribution >= 4 is 11.8 Å². The van der Waals surface area contributed by atoms with Crippen LogP contribution in [0.4, 0.5) is 0 Å². The van der Waals surface area contributed by atoms with Crippen LogP contribution in [0.3, 0.4) is 0 Å². The number of rotatable bonds is 7. The van der Waals surface area contributed by atoms with Crippen molar-refractivity contribution < 1.29 is 9.59 Å². The zero-order valence-corrected chi connectivity index (χ0v) is 12.5. The molecule has 110 valence electrons. The van der Waals surface area contributed by atoms with Gasteiger partial charge in [0, 0.05) is 19.0 Å². The summed E-state index contributed by atoms with van der Waals surface area (Å²) < 4.78 is 0. The molecule has 0 aromatic heterocycles. The molecule has 0 aliphatic carbocycles. The number of hydrogen-bond donors (Lipinski definition) is 2. The molecule has 0 saturated heterocycles. The molecule has 0 aliphatic heterocycles. The Morgan fingerprint density at radius 1 is 1.00 bits per heavy atom. The summed E-state index contributed by atoms with van der Waals surface area (Å²) in [6, 6.07) is 9.75. The highest BCUT2D eigenvalue weighted by molar-refractivity contribution is 5.83. The van der Waals surface area contributed by atoms with Gasteiger partial charge in [-0.15, -0.1) is 0 Å². The lowest BCUT2D eigenvalue weighted by Gasteiger charge is -2.15. The zero-order valence-electron chi connectivity index (χ0n) is 12.5. The highest BCUT2D eigenvalue weighted by Crippen LogP contribution is 2.18. The third-order valence-electron chi connectivity index (χ3n) is 3.17. The number of benzene rings is 1. The quantitative estimate of drug-likeness (QED) is 0.749. The van der Waals surface area contributed by atoms with E-state index in [1.807, 2.05) is 51.1 Å². The lowest BCUT2D eigenvalue weighted by Crippen LogP contribution is -2.38. The van der Waals surface area contributed by atoms with Gasteiger partial charge in [-0.2, -0.15) is 0 Å². The van der Waals surface area contributed by atoms with Gasteiger partial charge in [-0.05, 0) is 12.0 Å². The van der Waals surface area contributed by atoms with Crippen molar-refractivity contribution in [2.75, 3.05) is 13.1 Å². The maximum absolute atomic E-state index is 12.1. The normalized spacial score (nSPS) is 12.0. The number of carbonyl (C=O) groups excluding carboxylic acids is 2. The van der Waals surface area contributed by atoms with Crippen LogP contribution in [0.2, 0.25) is 0 Å². The Labute approximate surface area is 121 Å².